The molecule has 174 valence electrons. The van der Waals surface area contributed by atoms with Gasteiger partial charge in [-0.15, -0.1) is 0 Å². The Morgan fingerprint density at radius 1 is 1.12 bits per heavy atom. The highest BCUT2D eigenvalue weighted by atomic mass is 32.2. The summed E-state index contributed by atoms with van der Waals surface area (Å²) in [5.41, 5.74) is 0.659. The molecule has 33 heavy (non-hydrogen) atoms. The molecule has 4 rings (SSSR count). The molecule has 0 saturated heterocycles. The van der Waals surface area contributed by atoms with Crippen molar-refractivity contribution in [1.29, 1.82) is 0 Å². The van der Waals surface area contributed by atoms with Gasteiger partial charge in [-0.25, -0.2) is 37.3 Å². The second-order valence-electron chi connectivity index (χ2n) is 7.82. The van der Waals surface area contributed by atoms with Crippen LogP contribution >= 0.6 is 0 Å². The predicted octanol–water partition coefficient (Wildman–Crippen LogP) is 3.01. The fourth-order valence-electron chi connectivity index (χ4n) is 4.08. The van der Waals surface area contributed by atoms with Crippen molar-refractivity contribution in [2.75, 3.05) is 7.05 Å². The van der Waals surface area contributed by atoms with Gasteiger partial charge in [0, 0.05) is 11.8 Å². The van der Waals surface area contributed by atoms with Crippen LogP contribution in [0.1, 0.15) is 37.9 Å². The van der Waals surface area contributed by atoms with Gasteiger partial charge in [0.2, 0.25) is 0 Å². The smallest absolute Gasteiger partial charge is 0.405 e. The molecule has 1 fully saturated rings. The molecular weight excluding hydrogens is 451 g/mol. The summed E-state index contributed by atoms with van der Waals surface area (Å²) in [6, 6.07) is 7.19. The van der Waals surface area contributed by atoms with Crippen molar-refractivity contribution in [2.24, 2.45) is 0 Å². The SMILES string of the molecule is CNS(=O)(=O)c1nccc(-c2[nH]c(C3(NC(=O)O)CCCCC3)nc2-c2ccc(F)cc2)n1. The molecule has 3 aromatic rings. The Hall–Kier alpha value is -3.38. The molecule has 4 N–H and O–H groups in total. The van der Waals surface area contributed by atoms with E-state index in [1.165, 1.54) is 31.4 Å². The number of amides is 1. The lowest BCUT2D eigenvalue weighted by Gasteiger charge is -2.35. The van der Waals surface area contributed by atoms with Gasteiger partial charge in [-0.1, -0.05) is 19.3 Å². The number of H-pyrrole nitrogens is 1. The molecule has 0 atom stereocenters. The zero-order chi connectivity index (χ0) is 23.6. The summed E-state index contributed by atoms with van der Waals surface area (Å²) < 4.78 is 40.2. The highest BCUT2D eigenvalue weighted by molar-refractivity contribution is 7.89. The average Bonchev–Trinajstić information content (AvgIpc) is 3.26. The number of aromatic amines is 1. The highest BCUT2D eigenvalue weighted by Crippen LogP contribution is 2.39. The minimum atomic E-state index is -3.90. The van der Waals surface area contributed by atoms with Crippen LogP contribution in [0.5, 0.6) is 0 Å². The van der Waals surface area contributed by atoms with Crippen LogP contribution in [-0.4, -0.2) is 46.6 Å². The first-order chi connectivity index (χ1) is 15.7. The van der Waals surface area contributed by atoms with Gasteiger partial charge in [-0.05, 0) is 50.2 Å². The molecule has 10 nitrogen and oxygen atoms in total. The third kappa shape index (κ3) is 4.57. The third-order valence-electron chi connectivity index (χ3n) is 5.73. The molecule has 0 unspecified atom stereocenters. The Kier molecular flexibility index (Phi) is 6.13. The largest absolute Gasteiger partial charge is 0.465 e. The second kappa shape index (κ2) is 8.87. The van der Waals surface area contributed by atoms with Gasteiger partial charge in [-0.3, -0.25) is 0 Å². The molecular formula is C21H23FN6O4S. The summed E-state index contributed by atoms with van der Waals surface area (Å²) >= 11 is 0. The van der Waals surface area contributed by atoms with E-state index in [0.29, 0.717) is 35.6 Å². The molecule has 12 heteroatoms. The molecule has 2 aromatic heterocycles. The number of carboxylic acid groups (broad SMARTS) is 1. The molecule has 1 aromatic carbocycles. The van der Waals surface area contributed by atoms with Crippen molar-refractivity contribution in [3.05, 3.63) is 48.2 Å². The van der Waals surface area contributed by atoms with Gasteiger partial charge in [0.25, 0.3) is 15.2 Å². The van der Waals surface area contributed by atoms with E-state index in [9.17, 15) is 22.7 Å². The van der Waals surface area contributed by atoms with Crippen molar-refractivity contribution in [2.45, 2.75) is 42.8 Å². The Morgan fingerprint density at radius 2 is 1.82 bits per heavy atom. The molecule has 0 spiro atoms. The number of halogens is 1. The maximum Gasteiger partial charge on any atom is 0.405 e. The summed E-state index contributed by atoms with van der Waals surface area (Å²) in [7, 11) is -2.64. The van der Waals surface area contributed by atoms with E-state index < -0.39 is 32.6 Å². The Labute approximate surface area is 189 Å². The van der Waals surface area contributed by atoms with Crippen molar-refractivity contribution in [3.8, 4) is 22.6 Å². The van der Waals surface area contributed by atoms with E-state index in [-0.39, 0.29) is 5.69 Å². The number of carbonyl (C=O) groups is 1. The van der Waals surface area contributed by atoms with Gasteiger partial charge in [0.1, 0.15) is 17.2 Å². The molecule has 1 aliphatic carbocycles. The number of imidazole rings is 1. The van der Waals surface area contributed by atoms with Crippen LogP contribution in [-0.2, 0) is 15.6 Å². The van der Waals surface area contributed by atoms with Crippen LogP contribution in [0.25, 0.3) is 22.6 Å². The lowest BCUT2D eigenvalue weighted by atomic mass is 9.81. The number of hydrogen-bond acceptors (Lipinski definition) is 6. The molecule has 1 saturated carbocycles. The third-order valence-corrected chi connectivity index (χ3v) is 6.94. The van der Waals surface area contributed by atoms with E-state index in [1.807, 2.05) is 0 Å². The highest BCUT2D eigenvalue weighted by Gasteiger charge is 2.39. The lowest BCUT2D eigenvalue weighted by Crippen LogP contribution is -2.47. The number of sulfonamides is 1. The van der Waals surface area contributed by atoms with E-state index in [1.54, 1.807) is 12.1 Å². The molecule has 0 aliphatic heterocycles. The van der Waals surface area contributed by atoms with Crippen LogP contribution in [0.15, 0.2) is 41.7 Å². The maximum atomic E-state index is 13.6. The van der Waals surface area contributed by atoms with Crippen LogP contribution in [0.4, 0.5) is 9.18 Å². The molecule has 0 bridgehead atoms. The van der Waals surface area contributed by atoms with Gasteiger partial charge >= 0.3 is 6.09 Å². The summed E-state index contributed by atoms with van der Waals surface area (Å²) in [4.78, 5) is 27.5. The number of nitrogens with one attached hydrogen (secondary N) is 3. The van der Waals surface area contributed by atoms with Crippen LogP contribution in [0, 0.1) is 5.82 Å². The Balaban J connectivity index is 1.91. The maximum absolute atomic E-state index is 13.6. The van der Waals surface area contributed by atoms with Crippen LogP contribution in [0.2, 0.25) is 0 Å². The normalized spacial score (nSPS) is 15.8. The van der Waals surface area contributed by atoms with E-state index in [4.69, 9.17) is 4.98 Å². The fraction of sp³-hybridized carbons (Fsp3) is 0.333. The van der Waals surface area contributed by atoms with E-state index >= 15 is 0 Å². The summed E-state index contributed by atoms with van der Waals surface area (Å²) in [5, 5.41) is 11.7. The number of hydrogen-bond donors (Lipinski definition) is 4. The first kappa shape index (κ1) is 22.8. The first-order valence-corrected chi connectivity index (χ1v) is 11.9. The van der Waals surface area contributed by atoms with Crippen LogP contribution < -0.4 is 10.0 Å². The lowest BCUT2D eigenvalue weighted by molar-refractivity contribution is 0.158. The summed E-state index contributed by atoms with van der Waals surface area (Å²) in [6.45, 7) is 0. The van der Waals surface area contributed by atoms with Crippen molar-refractivity contribution >= 4 is 16.1 Å². The van der Waals surface area contributed by atoms with E-state index in [2.05, 4.69) is 25.0 Å². The number of rotatable bonds is 6. The number of nitrogens with zero attached hydrogens (tertiary/aromatic N) is 3. The number of aromatic nitrogens is 4. The van der Waals surface area contributed by atoms with Crippen molar-refractivity contribution < 1.29 is 22.7 Å². The van der Waals surface area contributed by atoms with Gasteiger partial charge in [0.15, 0.2) is 0 Å². The molecule has 1 amide bonds. The van der Waals surface area contributed by atoms with Crippen molar-refractivity contribution in [3.63, 3.8) is 0 Å². The standard InChI is InChI=1S/C21H23FN6O4S/c1-23-33(31,32)19-24-12-9-15(25-19)17-16(13-5-7-14(22)8-6-13)26-18(27-17)21(28-20(29)30)10-3-2-4-11-21/h5-9,12,23,28H,2-4,10-11H2,1H3,(H,26,27)(H,29,30). The van der Waals surface area contributed by atoms with E-state index in [0.717, 1.165) is 19.3 Å². The van der Waals surface area contributed by atoms with Crippen molar-refractivity contribution in [1.82, 2.24) is 30.0 Å². The van der Waals surface area contributed by atoms with Gasteiger partial charge in [0.05, 0.1) is 17.1 Å². The fourth-order valence-corrected chi connectivity index (χ4v) is 4.68. The average molecular weight is 475 g/mol. The molecule has 2 heterocycles. The summed E-state index contributed by atoms with van der Waals surface area (Å²) in [6.07, 6.45) is 3.88. The molecule has 1 aliphatic rings. The summed E-state index contributed by atoms with van der Waals surface area (Å²) in [5.74, 6) is -0.0210. The monoisotopic (exact) mass is 474 g/mol. The minimum absolute atomic E-state index is 0.248. The van der Waals surface area contributed by atoms with Gasteiger partial charge in [-0.2, -0.15) is 0 Å². The predicted molar refractivity (Wildman–Crippen MR) is 117 cm³/mol. The minimum Gasteiger partial charge on any atom is -0.465 e. The number of benzene rings is 1. The zero-order valence-electron chi connectivity index (χ0n) is 17.8. The quantitative estimate of drug-likeness (QED) is 0.401. The zero-order valence-corrected chi connectivity index (χ0v) is 18.6. The topological polar surface area (TPSA) is 150 Å². The first-order valence-electron chi connectivity index (χ1n) is 10.4. The second-order valence-corrected chi connectivity index (χ2v) is 9.60. The van der Waals surface area contributed by atoms with Crippen LogP contribution in [0.3, 0.4) is 0 Å². The Bertz CT molecular complexity index is 1270. The molecule has 0 radical (unpaired) electrons. The Morgan fingerprint density at radius 3 is 2.45 bits per heavy atom. The van der Waals surface area contributed by atoms with Gasteiger partial charge < -0.3 is 15.4 Å².